The number of anilines is 1. The lowest BCUT2D eigenvalue weighted by molar-refractivity contribution is -0.142. The smallest absolute Gasteiger partial charge is 0.265 e. The lowest BCUT2D eigenvalue weighted by Crippen LogP contribution is -2.53. The van der Waals surface area contributed by atoms with Gasteiger partial charge in [-0.2, -0.15) is 0 Å². The molecule has 3 heterocycles. The first-order valence-corrected chi connectivity index (χ1v) is 8.88. The number of benzene rings is 1. The highest BCUT2D eigenvalue weighted by Crippen LogP contribution is 2.33. The van der Waals surface area contributed by atoms with Gasteiger partial charge >= 0.3 is 0 Å². The number of fused-ring (bicyclic) bond motifs is 1. The summed E-state index contributed by atoms with van der Waals surface area (Å²) < 4.78 is 16.4. The van der Waals surface area contributed by atoms with Crippen LogP contribution < -0.4 is 9.64 Å². The molecule has 0 unspecified atom stereocenters. The number of furan rings is 1. The molecule has 1 aromatic heterocycles. The lowest BCUT2D eigenvalue weighted by atomic mass is 10.1. The first kappa shape index (κ1) is 17.4. The summed E-state index contributed by atoms with van der Waals surface area (Å²) in [6.07, 6.45) is 3.86. The van der Waals surface area contributed by atoms with E-state index in [4.69, 9.17) is 13.9 Å². The molecular formula is C20H20N2O5. The second-order valence-electron chi connectivity index (χ2n) is 6.31. The van der Waals surface area contributed by atoms with Gasteiger partial charge in [-0.3, -0.25) is 9.59 Å². The molecule has 1 aromatic carbocycles. The van der Waals surface area contributed by atoms with Crippen LogP contribution in [0.2, 0.25) is 0 Å². The molecule has 0 saturated carbocycles. The number of hydrogen-bond acceptors (Lipinski definition) is 5. The molecular weight excluding hydrogens is 348 g/mol. The summed E-state index contributed by atoms with van der Waals surface area (Å²) in [5.74, 6) is 0.753. The summed E-state index contributed by atoms with van der Waals surface area (Å²) in [4.78, 5) is 28.9. The fraction of sp³-hybridized carbons (Fsp3) is 0.300. The second-order valence-corrected chi connectivity index (χ2v) is 6.31. The third-order valence-corrected chi connectivity index (χ3v) is 4.57. The molecule has 2 aromatic rings. The average Bonchev–Trinajstić information content (AvgIpc) is 3.25. The molecule has 4 rings (SSSR count). The van der Waals surface area contributed by atoms with Gasteiger partial charge in [0.05, 0.1) is 31.7 Å². The van der Waals surface area contributed by atoms with Crippen molar-refractivity contribution in [2.75, 3.05) is 37.7 Å². The molecule has 1 fully saturated rings. The molecule has 0 N–H and O–H groups in total. The summed E-state index contributed by atoms with van der Waals surface area (Å²) in [5.41, 5.74) is 0.651. The van der Waals surface area contributed by atoms with Crippen molar-refractivity contribution in [3.63, 3.8) is 0 Å². The number of carbonyl (C=O) groups is 2. The molecule has 7 heteroatoms. The summed E-state index contributed by atoms with van der Waals surface area (Å²) in [6.45, 7) is 2.26. The number of ether oxygens (including phenoxy) is 2. The van der Waals surface area contributed by atoms with E-state index in [1.54, 1.807) is 40.3 Å². The van der Waals surface area contributed by atoms with E-state index >= 15 is 0 Å². The fourth-order valence-electron chi connectivity index (χ4n) is 3.19. The molecule has 7 nitrogen and oxygen atoms in total. The first-order chi connectivity index (χ1) is 13.2. The molecule has 2 aliphatic heterocycles. The van der Waals surface area contributed by atoms with Crippen LogP contribution >= 0.6 is 0 Å². The van der Waals surface area contributed by atoms with Crippen molar-refractivity contribution < 1.29 is 23.5 Å². The van der Waals surface area contributed by atoms with Crippen LogP contribution in [-0.2, 0) is 14.3 Å². The number of morpholine rings is 1. The Morgan fingerprint density at radius 3 is 2.67 bits per heavy atom. The molecule has 2 aliphatic rings. The molecule has 27 heavy (non-hydrogen) atoms. The lowest BCUT2D eigenvalue weighted by Gasteiger charge is -2.37. The Hall–Kier alpha value is -3.06. The Kier molecular flexibility index (Phi) is 4.93. The molecule has 0 spiro atoms. The van der Waals surface area contributed by atoms with Gasteiger partial charge in [0.25, 0.3) is 11.8 Å². The van der Waals surface area contributed by atoms with Crippen molar-refractivity contribution >= 4 is 23.6 Å². The summed E-state index contributed by atoms with van der Waals surface area (Å²) >= 11 is 0. The maximum Gasteiger partial charge on any atom is 0.265 e. The monoisotopic (exact) mass is 368 g/mol. The number of nitrogens with zero attached hydrogens (tertiary/aromatic N) is 2. The predicted molar refractivity (Wildman–Crippen MR) is 98.4 cm³/mol. The summed E-state index contributed by atoms with van der Waals surface area (Å²) in [5, 5.41) is 0. The highest BCUT2D eigenvalue weighted by molar-refractivity contribution is 6.05. The van der Waals surface area contributed by atoms with E-state index in [0.29, 0.717) is 43.5 Å². The zero-order chi connectivity index (χ0) is 18.6. The maximum absolute atomic E-state index is 12.9. The highest BCUT2D eigenvalue weighted by Gasteiger charge is 2.35. The molecule has 0 aliphatic carbocycles. The summed E-state index contributed by atoms with van der Waals surface area (Å²) in [6, 6.07) is 10.8. The number of amides is 2. The van der Waals surface area contributed by atoms with Gasteiger partial charge in [-0.25, -0.2) is 0 Å². The number of rotatable bonds is 3. The minimum atomic E-state index is -0.737. The Bertz CT molecular complexity index is 840. The van der Waals surface area contributed by atoms with Crippen molar-refractivity contribution in [2.24, 2.45) is 0 Å². The molecule has 2 amide bonds. The number of para-hydroxylation sites is 2. The van der Waals surface area contributed by atoms with Crippen LogP contribution in [0.3, 0.4) is 0 Å². The van der Waals surface area contributed by atoms with Crippen LogP contribution in [0, 0.1) is 0 Å². The third-order valence-electron chi connectivity index (χ3n) is 4.57. The van der Waals surface area contributed by atoms with Crippen molar-refractivity contribution in [2.45, 2.75) is 6.10 Å². The van der Waals surface area contributed by atoms with Crippen molar-refractivity contribution in [3.05, 3.63) is 54.5 Å². The van der Waals surface area contributed by atoms with Gasteiger partial charge in [-0.15, -0.1) is 0 Å². The molecule has 0 radical (unpaired) electrons. The zero-order valence-corrected chi connectivity index (χ0v) is 14.7. The first-order valence-electron chi connectivity index (χ1n) is 8.88. The molecule has 140 valence electrons. The van der Waals surface area contributed by atoms with Gasteiger partial charge in [0.1, 0.15) is 11.5 Å². The van der Waals surface area contributed by atoms with Crippen LogP contribution in [0.25, 0.3) is 6.08 Å². The Labute approximate surface area is 156 Å². The highest BCUT2D eigenvalue weighted by atomic mass is 16.5. The van der Waals surface area contributed by atoms with E-state index in [2.05, 4.69) is 0 Å². The average molecular weight is 368 g/mol. The third kappa shape index (κ3) is 3.73. The molecule has 0 bridgehead atoms. The minimum absolute atomic E-state index is 0.124. The predicted octanol–water partition coefficient (Wildman–Crippen LogP) is 1.95. The summed E-state index contributed by atoms with van der Waals surface area (Å²) in [7, 11) is 0. The zero-order valence-electron chi connectivity index (χ0n) is 14.7. The van der Waals surface area contributed by atoms with Crippen LogP contribution in [0.15, 0.2) is 53.2 Å². The van der Waals surface area contributed by atoms with Crippen molar-refractivity contribution in [3.8, 4) is 5.75 Å². The second kappa shape index (κ2) is 7.67. The van der Waals surface area contributed by atoms with Crippen LogP contribution in [0.5, 0.6) is 5.75 Å². The molecule has 1 atom stereocenters. The van der Waals surface area contributed by atoms with E-state index in [1.807, 2.05) is 18.2 Å². The van der Waals surface area contributed by atoms with E-state index in [0.717, 1.165) is 0 Å². The standard InChI is InChI=1S/C20H20N2O5/c23-19(8-7-15-4-3-11-26-15)22-14-18(20(24)21-9-12-25-13-10-21)27-17-6-2-1-5-16(17)22/h1-8,11,18H,9-10,12-14H2/b8-7+/t18-/m1/s1. The van der Waals surface area contributed by atoms with Gasteiger partial charge in [-0.1, -0.05) is 12.1 Å². The topological polar surface area (TPSA) is 72.2 Å². The van der Waals surface area contributed by atoms with Crippen molar-refractivity contribution in [1.29, 1.82) is 0 Å². The maximum atomic E-state index is 12.9. The van der Waals surface area contributed by atoms with E-state index in [9.17, 15) is 9.59 Å². The Morgan fingerprint density at radius 1 is 1.07 bits per heavy atom. The minimum Gasteiger partial charge on any atom is -0.476 e. The largest absolute Gasteiger partial charge is 0.476 e. The van der Waals surface area contributed by atoms with Crippen LogP contribution in [0.4, 0.5) is 5.69 Å². The van der Waals surface area contributed by atoms with E-state index in [1.165, 1.54) is 6.08 Å². The SMILES string of the molecule is O=C([C@H]1CN(C(=O)/C=C/c2ccco2)c2ccccc2O1)N1CCOCC1. The van der Waals surface area contributed by atoms with E-state index < -0.39 is 6.10 Å². The normalized spacial score (nSPS) is 19.6. The number of hydrogen-bond donors (Lipinski definition) is 0. The fourth-order valence-corrected chi connectivity index (χ4v) is 3.19. The molecule has 1 saturated heterocycles. The van der Waals surface area contributed by atoms with Gasteiger partial charge in [0, 0.05) is 19.2 Å². The van der Waals surface area contributed by atoms with E-state index in [-0.39, 0.29) is 18.4 Å². The Balaban J connectivity index is 1.56. The van der Waals surface area contributed by atoms with Crippen LogP contribution in [-0.4, -0.2) is 55.7 Å². The Morgan fingerprint density at radius 2 is 1.89 bits per heavy atom. The quantitative estimate of drug-likeness (QED) is 0.775. The van der Waals surface area contributed by atoms with Gasteiger partial charge in [0.15, 0.2) is 6.10 Å². The van der Waals surface area contributed by atoms with Gasteiger partial charge in [-0.05, 0) is 30.3 Å². The van der Waals surface area contributed by atoms with Gasteiger partial charge in [0.2, 0.25) is 0 Å². The van der Waals surface area contributed by atoms with Gasteiger partial charge < -0.3 is 23.7 Å². The van der Waals surface area contributed by atoms with Crippen molar-refractivity contribution in [1.82, 2.24) is 4.90 Å². The number of carbonyl (C=O) groups excluding carboxylic acids is 2. The van der Waals surface area contributed by atoms with Crippen LogP contribution in [0.1, 0.15) is 5.76 Å².